The quantitative estimate of drug-likeness (QED) is 0.715. The lowest BCUT2D eigenvalue weighted by Gasteiger charge is -2.44. The van der Waals surface area contributed by atoms with Gasteiger partial charge in [0.05, 0.1) is 12.6 Å². The molecule has 1 aliphatic heterocycles. The number of nitrogens with one attached hydrogen (secondary N) is 2. The second kappa shape index (κ2) is 6.48. The lowest BCUT2D eigenvalue weighted by Crippen LogP contribution is -2.73. The summed E-state index contributed by atoms with van der Waals surface area (Å²) in [6.07, 6.45) is -5.30. The Bertz CT molecular complexity index is 638. The molecule has 0 aromatic heterocycles. The van der Waals surface area contributed by atoms with E-state index in [0.717, 1.165) is 0 Å². The van der Waals surface area contributed by atoms with E-state index in [2.05, 4.69) is 10.1 Å². The summed E-state index contributed by atoms with van der Waals surface area (Å²) in [4.78, 5) is 23.8. The van der Waals surface area contributed by atoms with Crippen LogP contribution in [-0.4, -0.2) is 35.6 Å². The Balaban J connectivity index is 2.55. The number of hydrogen-bond acceptors (Lipinski definition) is 4. The summed E-state index contributed by atoms with van der Waals surface area (Å²) in [5, 5.41) is 14.0. The fourth-order valence-electron chi connectivity index (χ4n) is 2.48. The lowest BCUT2D eigenvalue weighted by molar-refractivity contribution is -0.294. The molecule has 3 N–H and O–H groups in total. The van der Waals surface area contributed by atoms with Gasteiger partial charge in [-0.05, 0) is 24.6 Å². The fraction of sp³-hybridized carbons (Fsp3) is 0.429. The summed E-state index contributed by atoms with van der Waals surface area (Å²) in [6.45, 7) is 1.22. The van der Waals surface area contributed by atoms with Gasteiger partial charge in [-0.2, -0.15) is 13.2 Å². The van der Waals surface area contributed by atoms with Gasteiger partial charge in [0.15, 0.2) is 0 Å². The molecule has 24 heavy (non-hydrogen) atoms. The number of carbonyl (C=O) groups excluding carboxylic acids is 2. The Kier molecular flexibility index (Phi) is 4.95. The van der Waals surface area contributed by atoms with Gasteiger partial charge in [-0.15, -0.1) is 0 Å². The normalized spacial score (nSPS) is 27.2. The van der Waals surface area contributed by atoms with E-state index in [0.29, 0.717) is 5.02 Å². The van der Waals surface area contributed by atoms with E-state index >= 15 is 0 Å². The minimum absolute atomic E-state index is 0.162. The van der Waals surface area contributed by atoms with Gasteiger partial charge < -0.3 is 20.5 Å². The van der Waals surface area contributed by atoms with Crippen molar-refractivity contribution in [3.63, 3.8) is 0 Å². The Hall–Kier alpha value is -2.00. The molecule has 0 radical (unpaired) electrons. The Morgan fingerprint density at radius 2 is 1.96 bits per heavy atom. The third-order valence-corrected chi connectivity index (χ3v) is 3.83. The van der Waals surface area contributed by atoms with Gasteiger partial charge in [0, 0.05) is 5.02 Å². The summed E-state index contributed by atoms with van der Waals surface area (Å²) in [7, 11) is 0. The average molecular weight is 367 g/mol. The maximum atomic E-state index is 13.4. The monoisotopic (exact) mass is 366 g/mol. The highest BCUT2D eigenvalue weighted by Crippen LogP contribution is 2.43. The number of rotatable bonds is 3. The number of urea groups is 1. The molecule has 1 aliphatic rings. The van der Waals surface area contributed by atoms with Crippen LogP contribution in [0.3, 0.4) is 0 Å². The van der Waals surface area contributed by atoms with Crippen molar-refractivity contribution in [3.8, 4) is 0 Å². The molecule has 0 bridgehead atoms. The summed E-state index contributed by atoms with van der Waals surface area (Å²) < 4.78 is 44.8. The zero-order chi connectivity index (χ0) is 18.1. The summed E-state index contributed by atoms with van der Waals surface area (Å²) >= 11 is 5.74. The number of esters is 1. The molecular weight excluding hydrogens is 353 g/mol. The van der Waals surface area contributed by atoms with Crippen LogP contribution in [0.5, 0.6) is 0 Å². The number of aliphatic hydroxyl groups is 1. The van der Waals surface area contributed by atoms with Crippen molar-refractivity contribution in [1.29, 1.82) is 0 Å². The molecule has 0 aliphatic carbocycles. The molecule has 1 fully saturated rings. The van der Waals surface area contributed by atoms with E-state index in [4.69, 9.17) is 11.6 Å². The van der Waals surface area contributed by atoms with E-state index in [1.807, 2.05) is 0 Å². The number of halogens is 4. The van der Waals surface area contributed by atoms with Gasteiger partial charge in [0.2, 0.25) is 0 Å². The molecular formula is C14H14ClF3N2O4. The van der Waals surface area contributed by atoms with Crippen LogP contribution in [0.4, 0.5) is 18.0 Å². The van der Waals surface area contributed by atoms with Crippen molar-refractivity contribution in [3.05, 3.63) is 34.9 Å². The molecule has 3 atom stereocenters. The van der Waals surface area contributed by atoms with E-state index in [-0.39, 0.29) is 12.2 Å². The van der Waals surface area contributed by atoms with Crippen LogP contribution in [0.15, 0.2) is 24.3 Å². The second-order valence-electron chi connectivity index (χ2n) is 5.12. The van der Waals surface area contributed by atoms with Crippen LogP contribution >= 0.6 is 11.6 Å². The Labute approximate surface area is 139 Å². The van der Waals surface area contributed by atoms with E-state index in [1.165, 1.54) is 36.5 Å². The molecule has 132 valence electrons. The zero-order valence-corrected chi connectivity index (χ0v) is 13.1. The smallest absolute Gasteiger partial charge is 0.437 e. The minimum Gasteiger partial charge on any atom is -0.466 e. The summed E-state index contributed by atoms with van der Waals surface area (Å²) in [5.74, 6) is -3.44. The highest BCUT2D eigenvalue weighted by atomic mass is 35.5. The van der Waals surface area contributed by atoms with Gasteiger partial charge >= 0.3 is 18.2 Å². The predicted molar refractivity (Wildman–Crippen MR) is 77.0 cm³/mol. The number of ether oxygens (including phenoxy) is 1. The van der Waals surface area contributed by atoms with Crippen molar-refractivity contribution < 1.29 is 32.6 Å². The third kappa shape index (κ3) is 3.27. The Morgan fingerprint density at radius 3 is 2.46 bits per heavy atom. The number of alkyl halides is 3. The van der Waals surface area contributed by atoms with Crippen LogP contribution in [0.2, 0.25) is 5.02 Å². The van der Waals surface area contributed by atoms with Gasteiger partial charge in [0.1, 0.15) is 5.92 Å². The molecule has 1 saturated heterocycles. The topological polar surface area (TPSA) is 87.7 Å². The van der Waals surface area contributed by atoms with E-state index < -0.39 is 35.9 Å². The van der Waals surface area contributed by atoms with Crippen molar-refractivity contribution in [2.75, 3.05) is 6.61 Å². The molecule has 1 aromatic rings. The molecule has 2 rings (SSSR count). The Morgan fingerprint density at radius 1 is 1.38 bits per heavy atom. The average Bonchev–Trinajstić information content (AvgIpc) is 2.46. The van der Waals surface area contributed by atoms with Crippen LogP contribution in [0.1, 0.15) is 18.5 Å². The first-order valence-corrected chi connectivity index (χ1v) is 7.28. The van der Waals surface area contributed by atoms with Crippen molar-refractivity contribution >= 4 is 23.6 Å². The molecule has 1 heterocycles. The van der Waals surface area contributed by atoms with Crippen LogP contribution in [-0.2, 0) is 9.53 Å². The molecule has 0 unspecified atom stereocenters. The van der Waals surface area contributed by atoms with Crippen molar-refractivity contribution in [1.82, 2.24) is 10.6 Å². The molecule has 2 amide bonds. The molecule has 1 aromatic carbocycles. The maximum absolute atomic E-state index is 13.4. The fourth-order valence-corrected chi connectivity index (χ4v) is 2.61. The highest BCUT2D eigenvalue weighted by molar-refractivity contribution is 6.30. The predicted octanol–water partition coefficient (Wildman–Crippen LogP) is 2.12. The number of carbonyl (C=O) groups is 2. The zero-order valence-electron chi connectivity index (χ0n) is 12.4. The summed E-state index contributed by atoms with van der Waals surface area (Å²) in [5.41, 5.74) is -3.61. The first-order valence-electron chi connectivity index (χ1n) is 6.90. The SMILES string of the molecule is CCOC(=O)[C@H]1[C@H](c2ccc(Cl)cc2)NC(=O)N[C@@]1(O)C(F)(F)F. The van der Waals surface area contributed by atoms with E-state index in [9.17, 15) is 27.9 Å². The van der Waals surface area contributed by atoms with Crippen LogP contribution in [0.25, 0.3) is 0 Å². The largest absolute Gasteiger partial charge is 0.466 e. The van der Waals surface area contributed by atoms with Gasteiger partial charge in [-0.3, -0.25) is 4.79 Å². The maximum Gasteiger partial charge on any atom is 0.437 e. The van der Waals surface area contributed by atoms with Crippen LogP contribution in [0, 0.1) is 5.92 Å². The first-order chi connectivity index (χ1) is 11.1. The molecule has 6 nitrogen and oxygen atoms in total. The first kappa shape index (κ1) is 18.3. The van der Waals surface area contributed by atoms with Gasteiger partial charge in [0.25, 0.3) is 5.72 Å². The standard InChI is InChI=1S/C14H14ClF3N2O4/c1-2-24-11(21)9-10(7-3-5-8(15)6-4-7)19-12(22)20-13(9,23)14(16,17)18/h3-6,9-10,23H,2H2,1H3,(H2,19,20,22)/t9-,10+,13+/m1/s1. The van der Waals surface area contributed by atoms with Crippen molar-refractivity contribution in [2.45, 2.75) is 24.9 Å². The number of amides is 2. The number of hydrogen-bond donors (Lipinski definition) is 3. The van der Waals surface area contributed by atoms with Gasteiger partial charge in [-0.25, -0.2) is 4.79 Å². The third-order valence-electron chi connectivity index (χ3n) is 3.58. The molecule has 10 heteroatoms. The molecule has 0 spiro atoms. The van der Waals surface area contributed by atoms with Gasteiger partial charge in [-0.1, -0.05) is 23.7 Å². The van der Waals surface area contributed by atoms with Crippen molar-refractivity contribution in [2.24, 2.45) is 5.92 Å². The van der Waals surface area contributed by atoms with E-state index in [1.54, 1.807) is 0 Å². The highest BCUT2D eigenvalue weighted by Gasteiger charge is 2.67. The second-order valence-corrected chi connectivity index (χ2v) is 5.56. The van der Waals surface area contributed by atoms with Crippen LogP contribution < -0.4 is 10.6 Å². The number of benzene rings is 1. The lowest BCUT2D eigenvalue weighted by atomic mass is 9.82. The molecule has 0 saturated carbocycles. The summed E-state index contributed by atoms with van der Waals surface area (Å²) in [6, 6.07) is 2.75. The minimum atomic E-state index is -5.30.